The largest absolute Gasteiger partial charge is 0.358 e. The van der Waals surface area contributed by atoms with Crippen molar-refractivity contribution >= 4 is 11.7 Å². The van der Waals surface area contributed by atoms with Crippen molar-refractivity contribution in [3.8, 4) is 0 Å². The van der Waals surface area contributed by atoms with Crippen LogP contribution in [0.15, 0.2) is 10.9 Å². The lowest BCUT2D eigenvalue weighted by molar-refractivity contribution is -0.121. The van der Waals surface area contributed by atoms with Crippen molar-refractivity contribution in [1.82, 2.24) is 15.3 Å². The molecule has 1 unspecified atom stereocenters. The zero-order valence-corrected chi connectivity index (χ0v) is 10.9. The highest BCUT2D eigenvalue weighted by Crippen LogP contribution is 2.37. The van der Waals surface area contributed by atoms with Gasteiger partial charge in [0.2, 0.25) is 5.91 Å². The Labute approximate surface area is 111 Å². The third-order valence-electron chi connectivity index (χ3n) is 3.41. The topological polar surface area (TPSA) is 86.9 Å². The van der Waals surface area contributed by atoms with Gasteiger partial charge in [-0.1, -0.05) is 0 Å². The zero-order chi connectivity index (χ0) is 13.4. The molecule has 2 aliphatic carbocycles. The van der Waals surface area contributed by atoms with E-state index >= 15 is 0 Å². The SMILES string of the molecule is CC(Nc1cc(=O)[nH]c(C2CC2)n1)C(=O)NC1CC1. The predicted octanol–water partition coefficient (Wildman–Crippen LogP) is 0.726. The van der Waals surface area contributed by atoms with Crippen molar-refractivity contribution in [1.29, 1.82) is 0 Å². The second-order valence-corrected chi connectivity index (χ2v) is 5.44. The van der Waals surface area contributed by atoms with E-state index in [-0.39, 0.29) is 17.5 Å². The van der Waals surface area contributed by atoms with E-state index in [4.69, 9.17) is 0 Å². The third kappa shape index (κ3) is 3.13. The number of nitrogens with one attached hydrogen (secondary N) is 3. The number of rotatable bonds is 5. The maximum atomic E-state index is 11.8. The molecular formula is C13H18N4O2. The monoisotopic (exact) mass is 262 g/mol. The van der Waals surface area contributed by atoms with Crippen LogP contribution >= 0.6 is 0 Å². The second-order valence-electron chi connectivity index (χ2n) is 5.44. The van der Waals surface area contributed by atoms with Gasteiger partial charge in [-0.15, -0.1) is 0 Å². The van der Waals surface area contributed by atoms with Gasteiger partial charge < -0.3 is 15.6 Å². The molecule has 2 saturated carbocycles. The summed E-state index contributed by atoms with van der Waals surface area (Å²) in [6.45, 7) is 1.78. The molecule has 0 aliphatic heterocycles. The van der Waals surface area contributed by atoms with Crippen molar-refractivity contribution in [2.75, 3.05) is 5.32 Å². The molecule has 0 bridgehead atoms. The van der Waals surface area contributed by atoms with Gasteiger partial charge in [0, 0.05) is 18.0 Å². The molecule has 2 aliphatic rings. The number of aromatic nitrogens is 2. The number of anilines is 1. The van der Waals surface area contributed by atoms with E-state index in [1.165, 1.54) is 6.07 Å². The quantitative estimate of drug-likeness (QED) is 0.730. The van der Waals surface area contributed by atoms with Gasteiger partial charge >= 0.3 is 0 Å². The minimum absolute atomic E-state index is 0.0439. The first kappa shape index (κ1) is 12.2. The van der Waals surface area contributed by atoms with Crippen LogP contribution in [0.3, 0.4) is 0 Å². The number of aromatic amines is 1. The maximum absolute atomic E-state index is 11.8. The van der Waals surface area contributed by atoms with E-state index in [9.17, 15) is 9.59 Å². The van der Waals surface area contributed by atoms with E-state index in [0.717, 1.165) is 31.5 Å². The van der Waals surface area contributed by atoms with Gasteiger partial charge in [-0.2, -0.15) is 0 Å². The van der Waals surface area contributed by atoms with E-state index in [0.29, 0.717) is 17.8 Å². The number of H-pyrrole nitrogens is 1. The van der Waals surface area contributed by atoms with Crippen LogP contribution in [-0.2, 0) is 4.79 Å². The van der Waals surface area contributed by atoms with Gasteiger partial charge in [-0.25, -0.2) is 4.98 Å². The zero-order valence-electron chi connectivity index (χ0n) is 10.9. The predicted molar refractivity (Wildman–Crippen MR) is 71.1 cm³/mol. The van der Waals surface area contributed by atoms with Crippen LogP contribution in [0, 0.1) is 0 Å². The van der Waals surface area contributed by atoms with Gasteiger partial charge in [0.25, 0.3) is 5.56 Å². The maximum Gasteiger partial charge on any atom is 0.252 e. The molecule has 2 fully saturated rings. The van der Waals surface area contributed by atoms with Crippen molar-refractivity contribution in [2.45, 2.75) is 50.6 Å². The Morgan fingerprint density at radius 3 is 2.79 bits per heavy atom. The highest BCUT2D eigenvalue weighted by molar-refractivity contribution is 5.84. The van der Waals surface area contributed by atoms with Crippen LogP contribution in [-0.4, -0.2) is 28.0 Å². The Morgan fingerprint density at radius 1 is 1.42 bits per heavy atom. The van der Waals surface area contributed by atoms with E-state index in [1.807, 2.05) is 0 Å². The highest BCUT2D eigenvalue weighted by atomic mass is 16.2. The van der Waals surface area contributed by atoms with Crippen molar-refractivity contribution in [3.05, 3.63) is 22.2 Å². The first-order valence-electron chi connectivity index (χ1n) is 6.80. The smallest absolute Gasteiger partial charge is 0.252 e. The van der Waals surface area contributed by atoms with Crippen molar-refractivity contribution in [3.63, 3.8) is 0 Å². The van der Waals surface area contributed by atoms with Crippen LogP contribution in [0.1, 0.15) is 44.3 Å². The molecule has 0 aromatic carbocycles. The number of amides is 1. The van der Waals surface area contributed by atoms with Gasteiger partial charge in [-0.05, 0) is 32.6 Å². The molecule has 0 spiro atoms. The van der Waals surface area contributed by atoms with E-state index in [1.54, 1.807) is 6.92 Å². The van der Waals surface area contributed by atoms with Gasteiger partial charge in [0.1, 0.15) is 17.7 Å². The average Bonchev–Trinajstić information content (AvgIpc) is 3.22. The summed E-state index contributed by atoms with van der Waals surface area (Å²) >= 11 is 0. The molecule has 1 heterocycles. The van der Waals surface area contributed by atoms with Crippen LogP contribution < -0.4 is 16.2 Å². The van der Waals surface area contributed by atoms with Gasteiger partial charge in [0.05, 0.1) is 0 Å². The summed E-state index contributed by atoms with van der Waals surface area (Å²) in [4.78, 5) is 30.5. The van der Waals surface area contributed by atoms with Gasteiger partial charge in [0.15, 0.2) is 0 Å². The number of carbonyl (C=O) groups is 1. The molecule has 1 aromatic rings. The second kappa shape index (κ2) is 4.68. The highest BCUT2D eigenvalue weighted by Gasteiger charge is 2.28. The Kier molecular flexibility index (Phi) is 3.00. The van der Waals surface area contributed by atoms with Crippen LogP contribution in [0.4, 0.5) is 5.82 Å². The van der Waals surface area contributed by atoms with Crippen molar-refractivity contribution in [2.24, 2.45) is 0 Å². The molecule has 1 atom stereocenters. The molecule has 1 aromatic heterocycles. The summed E-state index contributed by atoms with van der Waals surface area (Å²) in [5.74, 6) is 1.54. The number of carbonyl (C=O) groups excluding carboxylic acids is 1. The summed E-state index contributed by atoms with van der Waals surface area (Å²) in [5.41, 5.74) is -0.172. The first-order chi connectivity index (χ1) is 9.11. The summed E-state index contributed by atoms with van der Waals surface area (Å²) in [6.07, 6.45) is 4.27. The Morgan fingerprint density at radius 2 is 2.16 bits per heavy atom. The summed E-state index contributed by atoms with van der Waals surface area (Å²) in [7, 11) is 0. The fourth-order valence-electron chi connectivity index (χ4n) is 1.94. The van der Waals surface area contributed by atoms with Gasteiger partial charge in [-0.3, -0.25) is 9.59 Å². The molecule has 102 valence electrons. The van der Waals surface area contributed by atoms with Crippen LogP contribution in [0.25, 0.3) is 0 Å². The van der Waals surface area contributed by atoms with Crippen molar-refractivity contribution < 1.29 is 4.79 Å². The van der Waals surface area contributed by atoms with Crippen LogP contribution in [0.5, 0.6) is 0 Å². The third-order valence-corrected chi connectivity index (χ3v) is 3.41. The molecule has 6 nitrogen and oxygen atoms in total. The Hall–Kier alpha value is -1.85. The molecule has 0 radical (unpaired) electrons. The molecule has 3 N–H and O–H groups in total. The molecular weight excluding hydrogens is 244 g/mol. The fourth-order valence-corrected chi connectivity index (χ4v) is 1.94. The Bertz CT molecular complexity index is 546. The molecule has 19 heavy (non-hydrogen) atoms. The fraction of sp³-hybridized carbons (Fsp3) is 0.615. The van der Waals surface area contributed by atoms with E-state index < -0.39 is 0 Å². The molecule has 1 amide bonds. The standard InChI is InChI=1S/C13H18N4O2/c1-7(13(19)15-9-4-5-9)14-10-6-11(18)17-12(16-10)8-2-3-8/h6-9H,2-5H2,1H3,(H,15,19)(H2,14,16,17,18). The lowest BCUT2D eigenvalue weighted by atomic mass is 10.3. The number of hydrogen-bond acceptors (Lipinski definition) is 4. The number of hydrogen-bond donors (Lipinski definition) is 3. The summed E-state index contributed by atoms with van der Waals surface area (Å²) < 4.78 is 0. The molecule has 0 saturated heterocycles. The lowest BCUT2D eigenvalue weighted by Gasteiger charge is -2.14. The average molecular weight is 262 g/mol. The Balaban J connectivity index is 1.67. The normalized spacial score (nSPS) is 19.8. The molecule has 3 rings (SSSR count). The lowest BCUT2D eigenvalue weighted by Crippen LogP contribution is -2.39. The summed E-state index contributed by atoms with van der Waals surface area (Å²) in [5, 5.41) is 5.92. The minimum Gasteiger partial charge on any atom is -0.358 e. The van der Waals surface area contributed by atoms with Crippen LogP contribution in [0.2, 0.25) is 0 Å². The number of nitrogens with zero attached hydrogens (tertiary/aromatic N) is 1. The summed E-state index contributed by atoms with van der Waals surface area (Å²) in [6, 6.07) is 1.35. The first-order valence-corrected chi connectivity index (χ1v) is 6.80. The van der Waals surface area contributed by atoms with E-state index in [2.05, 4.69) is 20.6 Å². The minimum atomic E-state index is -0.387. The molecule has 6 heteroatoms.